The predicted octanol–water partition coefficient (Wildman–Crippen LogP) is 7.24. The van der Waals surface area contributed by atoms with Gasteiger partial charge in [0.2, 0.25) is 5.91 Å². The van der Waals surface area contributed by atoms with Gasteiger partial charge in [0.15, 0.2) is 11.5 Å². The highest BCUT2D eigenvalue weighted by atomic mass is 32.2. The molecule has 232 valence electrons. The third-order valence-electron chi connectivity index (χ3n) is 6.92. The highest BCUT2D eigenvalue weighted by Crippen LogP contribution is 2.30. The Morgan fingerprint density at radius 3 is 2.27 bits per heavy atom. The van der Waals surface area contributed by atoms with Crippen molar-refractivity contribution in [3.8, 4) is 11.5 Å². The zero-order chi connectivity index (χ0) is 32.3. The highest BCUT2D eigenvalue weighted by molar-refractivity contribution is 8.00. The number of ether oxygens (including phenoxy) is 2. The van der Waals surface area contributed by atoms with Crippen molar-refractivity contribution < 1.29 is 23.9 Å². The lowest BCUT2D eigenvalue weighted by atomic mass is 10.1. The molecule has 1 atom stereocenters. The summed E-state index contributed by atoms with van der Waals surface area (Å²) in [6.07, 6.45) is 2.18. The number of hydrogen-bond acceptors (Lipinski definition) is 6. The van der Waals surface area contributed by atoms with Crippen LogP contribution in [0.15, 0.2) is 102 Å². The van der Waals surface area contributed by atoms with Crippen molar-refractivity contribution in [2.45, 2.75) is 37.3 Å². The number of aryl methyl sites for hydroxylation is 2. The molecule has 0 aromatic heterocycles. The Morgan fingerprint density at radius 1 is 0.822 bits per heavy atom. The summed E-state index contributed by atoms with van der Waals surface area (Å²) in [6.45, 7) is 5.95. The van der Waals surface area contributed by atoms with Crippen molar-refractivity contribution in [1.29, 1.82) is 0 Å². The summed E-state index contributed by atoms with van der Waals surface area (Å²) in [6, 6.07) is 27.0. The van der Waals surface area contributed by atoms with Gasteiger partial charge < -0.3 is 25.4 Å². The number of carbonyl (C=O) groups is 3. The summed E-state index contributed by atoms with van der Waals surface area (Å²) >= 11 is 1.42. The van der Waals surface area contributed by atoms with Gasteiger partial charge in [-0.05, 0) is 86.0 Å². The number of methoxy groups -OCH3 is 2. The molecule has 45 heavy (non-hydrogen) atoms. The van der Waals surface area contributed by atoms with Crippen molar-refractivity contribution >= 4 is 46.9 Å². The molecule has 0 bridgehead atoms. The minimum absolute atomic E-state index is 0.0356. The summed E-state index contributed by atoms with van der Waals surface area (Å²) in [5.74, 6) is -0.0144. The van der Waals surface area contributed by atoms with Crippen LogP contribution < -0.4 is 25.4 Å². The smallest absolute Gasteiger partial charge is 0.272 e. The number of anilines is 2. The molecule has 3 amide bonds. The average Bonchev–Trinajstić information content (AvgIpc) is 3.05. The second kappa shape index (κ2) is 15.6. The van der Waals surface area contributed by atoms with Crippen LogP contribution in [0, 0.1) is 13.8 Å². The normalized spacial score (nSPS) is 11.7. The molecule has 0 heterocycles. The van der Waals surface area contributed by atoms with Crippen LogP contribution in [0.2, 0.25) is 0 Å². The van der Waals surface area contributed by atoms with Gasteiger partial charge >= 0.3 is 0 Å². The standard InChI is InChI=1S/C36H37N3O5S/c1-6-33(36(42)38-29-17-15-23(2)19-24(29)3)45-28-14-10-13-27(22-28)37-35(41)30(39-34(40)26-11-8-7-9-12-26)20-25-16-18-31(43-4)32(21-25)44-5/h7-22,33H,6H2,1-5H3,(H,37,41)(H,38,42)(H,39,40)/b30-20+. The molecule has 0 aliphatic heterocycles. The second-order valence-corrected chi connectivity index (χ2v) is 11.6. The molecule has 4 aromatic carbocycles. The van der Waals surface area contributed by atoms with E-state index in [9.17, 15) is 14.4 Å². The zero-order valence-electron chi connectivity index (χ0n) is 26.0. The molecule has 0 saturated carbocycles. The maximum absolute atomic E-state index is 13.6. The number of nitrogens with one attached hydrogen (secondary N) is 3. The van der Waals surface area contributed by atoms with Crippen molar-refractivity contribution in [1.82, 2.24) is 5.32 Å². The molecule has 0 aliphatic rings. The fourth-order valence-corrected chi connectivity index (χ4v) is 5.56. The van der Waals surface area contributed by atoms with Crippen LogP contribution in [0.5, 0.6) is 11.5 Å². The third-order valence-corrected chi connectivity index (χ3v) is 8.28. The maximum atomic E-state index is 13.6. The van der Waals surface area contributed by atoms with Gasteiger partial charge in [0.1, 0.15) is 5.70 Å². The molecule has 0 fully saturated rings. The Morgan fingerprint density at radius 2 is 1.58 bits per heavy atom. The summed E-state index contributed by atoms with van der Waals surface area (Å²) < 4.78 is 10.7. The Kier molecular flexibility index (Phi) is 11.4. The number of carbonyl (C=O) groups excluding carboxylic acids is 3. The fourth-order valence-electron chi connectivity index (χ4n) is 4.55. The van der Waals surface area contributed by atoms with Gasteiger partial charge in [0, 0.05) is 21.8 Å². The largest absolute Gasteiger partial charge is 0.493 e. The Balaban J connectivity index is 1.54. The molecule has 4 aromatic rings. The quantitative estimate of drug-likeness (QED) is 0.114. The van der Waals surface area contributed by atoms with E-state index in [0.29, 0.717) is 34.7 Å². The molecule has 4 rings (SSSR count). The molecule has 0 spiro atoms. The lowest BCUT2D eigenvalue weighted by Gasteiger charge is -2.17. The zero-order valence-corrected chi connectivity index (χ0v) is 26.8. The maximum Gasteiger partial charge on any atom is 0.272 e. The topological polar surface area (TPSA) is 106 Å². The second-order valence-electron chi connectivity index (χ2n) is 10.3. The first-order valence-corrected chi connectivity index (χ1v) is 15.3. The minimum Gasteiger partial charge on any atom is -0.493 e. The lowest BCUT2D eigenvalue weighted by molar-refractivity contribution is -0.116. The Bertz CT molecular complexity index is 1700. The van der Waals surface area contributed by atoms with Crippen LogP contribution in [0.1, 0.15) is 40.4 Å². The average molecular weight is 624 g/mol. The third kappa shape index (κ3) is 9.00. The first-order chi connectivity index (χ1) is 21.7. The fraction of sp³-hybridized carbons (Fsp3) is 0.194. The van der Waals surface area contributed by atoms with E-state index in [2.05, 4.69) is 16.0 Å². The van der Waals surface area contributed by atoms with Crippen LogP contribution in [0.3, 0.4) is 0 Å². The number of thioether (sulfide) groups is 1. The van der Waals surface area contributed by atoms with Crippen molar-refractivity contribution in [2.75, 3.05) is 24.9 Å². The van der Waals surface area contributed by atoms with Crippen molar-refractivity contribution in [3.63, 3.8) is 0 Å². The molecule has 1 unspecified atom stereocenters. The van der Waals surface area contributed by atoms with E-state index >= 15 is 0 Å². The monoisotopic (exact) mass is 623 g/mol. The molecule has 0 aliphatic carbocycles. The van der Waals surface area contributed by atoms with E-state index in [0.717, 1.165) is 21.7 Å². The van der Waals surface area contributed by atoms with E-state index in [1.54, 1.807) is 61.7 Å². The van der Waals surface area contributed by atoms with E-state index in [4.69, 9.17) is 9.47 Å². The molecule has 8 nitrogen and oxygen atoms in total. The summed E-state index contributed by atoms with van der Waals surface area (Å²) in [4.78, 5) is 40.6. The lowest BCUT2D eigenvalue weighted by Crippen LogP contribution is -2.30. The van der Waals surface area contributed by atoms with E-state index in [1.807, 2.05) is 63.2 Å². The van der Waals surface area contributed by atoms with Crippen molar-refractivity contribution in [3.05, 3.63) is 119 Å². The molecule has 9 heteroatoms. The summed E-state index contributed by atoms with van der Waals surface area (Å²) in [5.41, 5.74) is 4.51. The van der Waals surface area contributed by atoms with Crippen LogP contribution in [0.4, 0.5) is 11.4 Å². The van der Waals surface area contributed by atoms with Gasteiger partial charge in [-0.15, -0.1) is 11.8 Å². The minimum atomic E-state index is -0.518. The van der Waals surface area contributed by atoms with Gasteiger partial charge in [-0.2, -0.15) is 0 Å². The van der Waals surface area contributed by atoms with Gasteiger partial charge in [-0.3, -0.25) is 14.4 Å². The Labute approximate surface area is 268 Å². The van der Waals surface area contributed by atoms with E-state index in [1.165, 1.54) is 18.9 Å². The van der Waals surface area contributed by atoms with Gasteiger partial charge in [-0.1, -0.05) is 55.0 Å². The van der Waals surface area contributed by atoms with Gasteiger partial charge in [0.05, 0.1) is 19.5 Å². The molecular formula is C36H37N3O5S. The SMILES string of the molecule is CCC(Sc1cccc(NC(=O)/C(=C\c2ccc(OC)c(OC)c2)NC(=O)c2ccccc2)c1)C(=O)Nc1ccc(C)cc1C. The molecule has 0 saturated heterocycles. The number of benzene rings is 4. The first-order valence-electron chi connectivity index (χ1n) is 14.5. The number of amides is 3. The van der Waals surface area contributed by atoms with Gasteiger partial charge in [0.25, 0.3) is 11.8 Å². The van der Waals surface area contributed by atoms with E-state index < -0.39 is 11.8 Å². The number of rotatable bonds is 12. The van der Waals surface area contributed by atoms with Crippen LogP contribution >= 0.6 is 11.8 Å². The van der Waals surface area contributed by atoms with Crippen LogP contribution in [0.25, 0.3) is 6.08 Å². The van der Waals surface area contributed by atoms with Crippen LogP contribution in [-0.2, 0) is 9.59 Å². The summed E-state index contributed by atoms with van der Waals surface area (Å²) in [7, 11) is 3.07. The van der Waals surface area contributed by atoms with Crippen LogP contribution in [-0.4, -0.2) is 37.2 Å². The first kappa shape index (κ1) is 32.9. The molecule has 3 N–H and O–H groups in total. The van der Waals surface area contributed by atoms with E-state index in [-0.39, 0.29) is 16.9 Å². The molecule has 0 radical (unpaired) electrons. The predicted molar refractivity (Wildman–Crippen MR) is 181 cm³/mol. The Hall–Kier alpha value is -5.02. The van der Waals surface area contributed by atoms with Gasteiger partial charge in [-0.25, -0.2) is 0 Å². The number of hydrogen-bond donors (Lipinski definition) is 3. The molecular weight excluding hydrogens is 586 g/mol. The highest BCUT2D eigenvalue weighted by Gasteiger charge is 2.20. The summed E-state index contributed by atoms with van der Waals surface area (Å²) in [5, 5.41) is 8.34. The van der Waals surface area contributed by atoms with Crippen molar-refractivity contribution in [2.24, 2.45) is 0 Å².